The van der Waals surface area contributed by atoms with Crippen molar-refractivity contribution in [3.8, 4) is 0 Å². The molecule has 0 aliphatic heterocycles. The third-order valence-corrected chi connectivity index (χ3v) is 5.40. The molecule has 7 heteroatoms. The van der Waals surface area contributed by atoms with Crippen LogP contribution in [0, 0.1) is 0 Å². The summed E-state index contributed by atoms with van der Waals surface area (Å²) >= 11 is 0. The van der Waals surface area contributed by atoms with E-state index in [1.54, 1.807) is 14.0 Å². The van der Waals surface area contributed by atoms with Crippen molar-refractivity contribution in [2.24, 2.45) is 0 Å². The molecule has 0 radical (unpaired) electrons. The molecule has 1 aromatic carbocycles. The fraction of sp³-hybridized carbons (Fsp3) is 0.538. The molecular formula is C13H18F3NO2S. The minimum Gasteiger partial charge on any atom is -0.317 e. The number of alkyl halides is 3. The molecule has 20 heavy (non-hydrogen) atoms. The molecule has 0 bridgehead atoms. The van der Waals surface area contributed by atoms with Gasteiger partial charge in [0.2, 0.25) is 0 Å². The predicted molar refractivity (Wildman–Crippen MR) is 71.2 cm³/mol. The minimum absolute atomic E-state index is 0.00854. The molecule has 0 spiro atoms. The van der Waals surface area contributed by atoms with Crippen molar-refractivity contribution in [3.63, 3.8) is 0 Å². The summed E-state index contributed by atoms with van der Waals surface area (Å²) in [6.45, 7) is 3.40. The number of hydrogen-bond acceptors (Lipinski definition) is 3. The normalized spacial score (nSPS) is 15.9. The molecule has 0 fully saturated rings. The van der Waals surface area contributed by atoms with Crippen LogP contribution in [0.3, 0.4) is 0 Å². The van der Waals surface area contributed by atoms with Crippen molar-refractivity contribution >= 4 is 9.84 Å². The Morgan fingerprint density at radius 3 is 2.05 bits per heavy atom. The molecule has 0 aliphatic rings. The Kier molecular flexibility index (Phi) is 5.21. The van der Waals surface area contributed by atoms with Crippen molar-refractivity contribution in [1.29, 1.82) is 0 Å². The van der Waals surface area contributed by atoms with Gasteiger partial charge in [-0.25, -0.2) is 8.42 Å². The molecular weight excluding hydrogens is 291 g/mol. The quantitative estimate of drug-likeness (QED) is 0.910. The van der Waals surface area contributed by atoms with Crippen molar-refractivity contribution in [2.75, 3.05) is 7.05 Å². The fourth-order valence-corrected chi connectivity index (χ4v) is 3.33. The van der Waals surface area contributed by atoms with Gasteiger partial charge in [0.05, 0.1) is 15.7 Å². The molecule has 0 saturated heterocycles. The highest BCUT2D eigenvalue weighted by molar-refractivity contribution is 7.92. The van der Waals surface area contributed by atoms with Crippen LogP contribution in [0.15, 0.2) is 29.2 Å². The molecule has 0 amide bonds. The van der Waals surface area contributed by atoms with E-state index in [1.165, 1.54) is 0 Å². The van der Waals surface area contributed by atoms with Crippen LogP contribution < -0.4 is 5.32 Å². The van der Waals surface area contributed by atoms with Crippen molar-refractivity contribution in [1.82, 2.24) is 5.32 Å². The van der Waals surface area contributed by atoms with Gasteiger partial charge < -0.3 is 5.32 Å². The average molecular weight is 309 g/mol. The number of sulfone groups is 1. The van der Waals surface area contributed by atoms with E-state index in [0.717, 1.165) is 24.3 Å². The molecule has 0 aromatic heterocycles. The Morgan fingerprint density at radius 1 is 1.15 bits per heavy atom. The van der Waals surface area contributed by atoms with Gasteiger partial charge in [-0.05, 0) is 51.6 Å². The second-order valence-electron chi connectivity index (χ2n) is 4.80. The standard InChI is InChI=1S/C13H18F3NO2S/c1-9(17-3)8-10(2)20(18,19)12-6-4-11(5-7-12)13(14,15)16/h4-7,9-10,17H,8H2,1-3H3. The van der Waals surface area contributed by atoms with E-state index in [0.29, 0.717) is 6.42 Å². The van der Waals surface area contributed by atoms with Gasteiger partial charge in [-0.2, -0.15) is 13.2 Å². The van der Waals surface area contributed by atoms with Crippen LogP contribution in [0.4, 0.5) is 13.2 Å². The summed E-state index contributed by atoms with van der Waals surface area (Å²) in [5, 5.41) is 2.27. The van der Waals surface area contributed by atoms with Gasteiger partial charge >= 0.3 is 6.18 Å². The lowest BCUT2D eigenvalue weighted by atomic mass is 10.2. The number of halogens is 3. The van der Waals surface area contributed by atoms with E-state index < -0.39 is 26.8 Å². The Labute approximate surface area is 117 Å². The molecule has 2 unspecified atom stereocenters. The van der Waals surface area contributed by atoms with Gasteiger partial charge in [0.15, 0.2) is 9.84 Å². The summed E-state index contributed by atoms with van der Waals surface area (Å²) in [6.07, 6.45) is -4.07. The Balaban J connectivity index is 2.99. The molecule has 2 atom stereocenters. The van der Waals surface area contributed by atoms with E-state index >= 15 is 0 Å². The highest BCUT2D eigenvalue weighted by atomic mass is 32.2. The first-order chi connectivity index (χ1) is 9.09. The van der Waals surface area contributed by atoms with Crippen LogP contribution in [-0.2, 0) is 16.0 Å². The monoisotopic (exact) mass is 309 g/mol. The number of rotatable bonds is 5. The maximum Gasteiger partial charge on any atom is 0.416 e. The number of hydrogen-bond donors (Lipinski definition) is 1. The number of benzene rings is 1. The van der Waals surface area contributed by atoms with Crippen LogP contribution in [0.2, 0.25) is 0 Å². The first-order valence-corrected chi connectivity index (χ1v) is 7.72. The predicted octanol–water partition coefficient (Wildman–Crippen LogP) is 2.87. The molecule has 3 nitrogen and oxygen atoms in total. The summed E-state index contributed by atoms with van der Waals surface area (Å²) in [7, 11) is -1.89. The lowest BCUT2D eigenvalue weighted by Gasteiger charge is -2.17. The summed E-state index contributed by atoms with van der Waals surface area (Å²) < 4.78 is 61.8. The zero-order valence-corrected chi connectivity index (χ0v) is 12.3. The smallest absolute Gasteiger partial charge is 0.317 e. The molecule has 0 heterocycles. The highest BCUT2D eigenvalue weighted by Crippen LogP contribution is 2.30. The van der Waals surface area contributed by atoms with Crippen molar-refractivity contribution in [2.45, 2.75) is 42.6 Å². The van der Waals surface area contributed by atoms with E-state index in [1.807, 2.05) is 6.92 Å². The van der Waals surface area contributed by atoms with E-state index in [9.17, 15) is 21.6 Å². The average Bonchev–Trinajstić information content (AvgIpc) is 2.37. The molecule has 1 aromatic rings. The summed E-state index contributed by atoms with van der Waals surface area (Å²) in [6, 6.07) is 3.62. The SMILES string of the molecule is CNC(C)CC(C)S(=O)(=O)c1ccc(C(F)(F)F)cc1. The third-order valence-electron chi connectivity index (χ3n) is 3.22. The summed E-state index contributed by atoms with van der Waals surface area (Å²) in [4.78, 5) is -0.0821. The van der Waals surface area contributed by atoms with Crippen LogP contribution in [0.1, 0.15) is 25.8 Å². The Morgan fingerprint density at radius 2 is 1.65 bits per heavy atom. The van der Waals surface area contributed by atoms with Gasteiger partial charge in [0.25, 0.3) is 0 Å². The first-order valence-electron chi connectivity index (χ1n) is 6.17. The molecule has 0 aliphatic carbocycles. The molecule has 0 saturated carbocycles. The van der Waals surface area contributed by atoms with Gasteiger partial charge in [-0.1, -0.05) is 0 Å². The lowest BCUT2D eigenvalue weighted by Crippen LogP contribution is -2.29. The van der Waals surface area contributed by atoms with Gasteiger partial charge in [-0.3, -0.25) is 0 Å². The maximum absolute atomic E-state index is 12.4. The second kappa shape index (κ2) is 6.13. The third kappa shape index (κ3) is 3.96. The van der Waals surface area contributed by atoms with Gasteiger partial charge in [-0.15, -0.1) is 0 Å². The van der Waals surface area contributed by atoms with Crippen molar-refractivity contribution < 1.29 is 21.6 Å². The Hall–Kier alpha value is -1.08. The summed E-state index contributed by atoms with van der Waals surface area (Å²) in [5.41, 5.74) is -0.854. The van der Waals surface area contributed by atoms with Crippen molar-refractivity contribution in [3.05, 3.63) is 29.8 Å². The largest absolute Gasteiger partial charge is 0.416 e. The zero-order valence-electron chi connectivity index (χ0n) is 11.5. The summed E-state index contributed by atoms with van der Waals surface area (Å²) in [5.74, 6) is 0. The molecule has 114 valence electrons. The van der Waals surface area contributed by atoms with Crippen LogP contribution in [-0.4, -0.2) is 26.8 Å². The molecule has 1 rings (SSSR count). The van der Waals surface area contributed by atoms with Crippen LogP contribution in [0.25, 0.3) is 0 Å². The van der Waals surface area contributed by atoms with Crippen LogP contribution >= 0.6 is 0 Å². The zero-order chi connectivity index (χ0) is 15.6. The second-order valence-corrected chi connectivity index (χ2v) is 7.17. The topological polar surface area (TPSA) is 46.2 Å². The minimum atomic E-state index is -4.46. The molecule has 1 N–H and O–H groups in total. The van der Waals surface area contributed by atoms with Gasteiger partial charge in [0.1, 0.15) is 0 Å². The Bertz CT molecular complexity index is 538. The first kappa shape index (κ1) is 17.0. The fourth-order valence-electron chi connectivity index (χ4n) is 1.81. The lowest BCUT2D eigenvalue weighted by molar-refractivity contribution is -0.137. The maximum atomic E-state index is 12.4. The van der Waals surface area contributed by atoms with Gasteiger partial charge in [0, 0.05) is 6.04 Å². The highest BCUT2D eigenvalue weighted by Gasteiger charge is 2.31. The van der Waals surface area contributed by atoms with Crippen LogP contribution in [0.5, 0.6) is 0 Å². The van der Waals surface area contributed by atoms with E-state index in [-0.39, 0.29) is 10.9 Å². The van der Waals surface area contributed by atoms with E-state index in [2.05, 4.69) is 5.32 Å². The number of nitrogens with one attached hydrogen (secondary N) is 1. The van der Waals surface area contributed by atoms with E-state index in [4.69, 9.17) is 0 Å².